The Labute approximate surface area is 184 Å². The maximum atomic E-state index is 12.4. The zero-order valence-electron chi connectivity index (χ0n) is 16.8. The summed E-state index contributed by atoms with van der Waals surface area (Å²) in [6.45, 7) is 0.683. The van der Waals surface area contributed by atoms with Crippen molar-refractivity contribution in [2.75, 3.05) is 16.8 Å². The highest BCUT2D eigenvalue weighted by Crippen LogP contribution is 2.47. The molecule has 0 bridgehead atoms. The Kier molecular flexibility index (Phi) is 4.17. The number of hydrogen-bond acceptors (Lipinski definition) is 5. The molecular weight excluding hydrogens is 414 g/mol. The molecule has 2 aliphatic carbocycles. The average Bonchev–Trinajstić information content (AvgIpc) is 3.68. The van der Waals surface area contributed by atoms with Gasteiger partial charge in [0.25, 0.3) is 0 Å². The summed E-state index contributed by atoms with van der Waals surface area (Å²) in [5, 5.41) is 7.14. The highest BCUT2D eigenvalue weighted by Gasteiger charge is 2.47. The van der Waals surface area contributed by atoms with Crippen molar-refractivity contribution in [3.8, 4) is 5.69 Å². The SMILES string of the molecule is O=C1NC[C@H](C2CC2)N1c1ccnc(NC2(c3cn(-c4ccc(Cl)cc4)cn3)CC2)n1. The summed E-state index contributed by atoms with van der Waals surface area (Å²) >= 11 is 6.00. The Morgan fingerprint density at radius 2 is 1.94 bits per heavy atom. The highest BCUT2D eigenvalue weighted by atomic mass is 35.5. The molecule has 2 N–H and O–H groups in total. The van der Waals surface area contributed by atoms with Crippen LogP contribution in [0.4, 0.5) is 16.6 Å². The van der Waals surface area contributed by atoms with Crippen LogP contribution < -0.4 is 15.5 Å². The van der Waals surface area contributed by atoms with Crippen LogP contribution in [-0.2, 0) is 5.54 Å². The molecule has 8 nitrogen and oxygen atoms in total. The Balaban J connectivity index is 1.24. The molecule has 2 aromatic heterocycles. The van der Waals surface area contributed by atoms with Crippen LogP contribution in [0.3, 0.4) is 0 Å². The molecule has 0 unspecified atom stereocenters. The molecule has 3 heterocycles. The minimum atomic E-state index is -0.278. The van der Waals surface area contributed by atoms with Crippen LogP contribution in [0.5, 0.6) is 0 Å². The van der Waals surface area contributed by atoms with E-state index in [-0.39, 0.29) is 17.6 Å². The van der Waals surface area contributed by atoms with E-state index in [2.05, 4.69) is 25.6 Å². The fraction of sp³-hybridized carbons (Fsp3) is 0.364. The summed E-state index contributed by atoms with van der Waals surface area (Å²) in [5.41, 5.74) is 1.68. The summed E-state index contributed by atoms with van der Waals surface area (Å²) in [5.74, 6) is 1.73. The van der Waals surface area contributed by atoms with Gasteiger partial charge >= 0.3 is 6.03 Å². The lowest BCUT2D eigenvalue weighted by Gasteiger charge is -2.23. The summed E-state index contributed by atoms with van der Waals surface area (Å²) in [7, 11) is 0. The minimum Gasteiger partial charge on any atom is -0.343 e. The van der Waals surface area contributed by atoms with E-state index in [9.17, 15) is 4.79 Å². The first kappa shape index (κ1) is 18.6. The van der Waals surface area contributed by atoms with Gasteiger partial charge in [-0.05, 0) is 61.9 Å². The van der Waals surface area contributed by atoms with Crippen molar-refractivity contribution >= 4 is 29.4 Å². The van der Waals surface area contributed by atoms with E-state index in [1.807, 2.05) is 41.4 Å². The molecule has 0 radical (unpaired) electrons. The Morgan fingerprint density at radius 1 is 1.13 bits per heavy atom. The topological polar surface area (TPSA) is 88.0 Å². The Bertz CT molecular complexity index is 1140. The van der Waals surface area contributed by atoms with Gasteiger partial charge < -0.3 is 15.2 Å². The van der Waals surface area contributed by atoms with Crippen LogP contribution in [0, 0.1) is 5.92 Å². The number of carbonyl (C=O) groups excluding carboxylic acids is 1. The Morgan fingerprint density at radius 3 is 2.68 bits per heavy atom. The minimum absolute atomic E-state index is 0.0793. The third kappa shape index (κ3) is 3.40. The van der Waals surface area contributed by atoms with Gasteiger partial charge in [0.1, 0.15) is 5.82 Å². The van der Waals surface area contributed by atoms with Crippen molar-refractivity contribution in [3.05, 3.63) is 59.8 Å². The molecular formula is C22H22ClN7O. The molecule has 3 aromatic rings. The van der Waals surface area contributed by atoms with Gasteiger partial charge in [0.2, 0.25) is 5.95 Å². The predicted octanol–water partition coefficient (Wildman–Crippen LogP) is 3.73. The first-order valence-corrected chi connectivity index (χ1v) is 11.0. The van der Waals surface area contributed by atoms with Crippen LogP contribution in [0.1, 0.15) is 31.4 Å². The smallest absolute Gasteiger partial charge is 0.323 e. The zero-order chi connectivity index (χ0) is 21.0. The van der Waals surface area contributed by atoms with Crippen molar-refractivity contribution in [2.45, 2.75) is 37.3 Å². The standard InChI is InChI=1S/C22H22ClN7O/c23-15-3-5-16(6-4-15)29-12-18(26-13-29)22(8-9-22)28-20-24-10-7-19(27-20)30-17(14-1-2-14)11-25-21(30)31/h3-7,10,12-14,17H,1-2,8-9,11H2,(H,25,31)(H,24,27,28)/t17-/m1/s1. The second-order valence-corrected chi connectivity index (χ2v) is 8.99. The van der Waals surface area contributed by atoms with Gasteiger partial charge in [0.05, 0.1) is 23.6 Å². The predicted molar refractivity (Wildman–Crippen MR) is 118 cm³/mol. The van der Waals surface area contributed by atoms with Crippen LogP contribution >= 0.6 is 11.6 Å². The molecule has 31 heavy (non-hydrogen) atoms. The van der Waals surface area contributed by atoms with Crippen LogP contribution in [0.25, 0.3) is 5.69 Å². The van der Waals surface area contributed by atoms with E-state index in [1.165, 1.54) is 12.8 Å². The molecule has 1 saturated heterocycles. The van der Waals surface area contributed by atoms with E-state index >= 15 is 0 Å². The lowest BCUT2D eigenvalue weighted by molar-refractivity contribution is 0.251. The molecule has 1 atom stereocenters. The molecule has 1 aromatic carbocycles. The van der Waals surface area contributed by atoms with Crippen LogP contribution in [-0.4, -0.2) is 38.1 Å². The summed E-state index contributed by atoms with van der Waals surface area (Å²) in [6, 6.07) is 9.56. The van der Waals surface area contributed by atoms with Crippen LogP contribution in [0.15, 0.2) is 49.1 Å². The van der Waals surface area contributed by atoms with Crippen molar-refractivity contribution < 1.29 is 4.79 Å². The summed E-state index contributed by atoms with van der Waals surface area (Å²) < 4.78 is 1.99. The first-order chi connectivity index (χ1) is 15.1. The molecule has 0 spiro atoms. The molecule has 6 rings (SSSR count). The number of amides is 2. The normalized spacial score (nSPS) is 21.8. The number of rotatable bonds is 6. The fourth-order valence-corrected chi connectivity index (χ4v) is 4.43. The highest BCUT2D eigenvalue weighted by molar-refractivity contribution is 6.30. The van der Waals surface area contributed by atoms with Crippen molar-refractivity contribution in [2.24, 2.45) is 5.92 Å². The molecule has 158 valence electrons. The zero-order valence-corrected chi connectivity index (χ0v) is 17.6. The number of anilines is 2. The van der Waals surface area contributed by atoms with Gasteiger partial charge in [0, 0.05) is 29.6 Å². The van der Waals surface area contributed by atoms with E-state index in [1.54, 1.807) is 17.2 Å². The molecule has 3 aliphatic rings. The van der Waals surface area contributed by atoms with Crippen molar-refractivity contribution in [1.29, 1.82) is 0 Å². The van der Waals surface area contributed by atoms with Gasteiger partial charge in [-0.25, -0.2) is 14.8 Å². The van der Waals surface area contributed by atoms with Crippen LogP contribution in [0.2, 0.25) is 5.02 Å². The second kappa shape index (κ2) is 6.95. The second-order valence-electron chi connectivity index (χ2n) is 8.55. The molecule has 1 aliphatic heterocycles. The molecule has 2 saturated carbocycles. The third-order valence-corrected chi connectivity index (χ3v) is 6.62. The fourth-order valence-electron chi connectivity index (χ4n) is 4.30. The number of nitrogens with one attached hydrogen (secondary N) is 2. The van der Waals surface area contributed by atoms with E-state index in [0.29, 0.717) is 29.3 Å². The number of carbonyl (C=O) groups is 1. The van der Waals surface area contributed by atoms with Crippen molar-refractivity contribution in [1.82, 2.24) is 24.8 Å². The van der Waals surface area contributed by atoms with Crippen molar-refractivity contribution in [3.63, 3.8) is 0 Å². The quantitative estimate of drug-likeness (QED) is 0.616. The average molecular weight is 436 g/mol. The summed E-state index contributed by atoms with van der Waals surface area (Å²) in [6.07, 6.45) is 9.80. The maximum Gasteiger partial charge on any atom is 0.323 e. The molecule has 2 amide bonds. The van der Waals surface area contributed by atoms with E-state index < -0.39 is 0 Å². The number of imidazole rings is 1. The van der Waals surface area contributed by atoms with Gasteiger partial charge in [-0.2, -0.15) is 4.98 Å². The number of urea groups is 1. The lowest BCUT2D eigenvalue weighted by atomic mass is 10.2. The third-order valence-electron chi connectivity index (χ3n) is 6.37. The number of hydrogen-bond donors (Lipinski definition) is 2. The number of aromatic nitrogens is 4. The maximum absolute atomic E-state index is 12.4. The van der Waals surface area contributed by atoms with Gasteiger partial charge in [-0.3, -0.25) is 4.90 Å². The first-order valence-electron chi connectivity index (χ1n) is 10.6. The largest absolute Gasteiger partial charge is 0.343 e. The Hall–Kier alpha value is -3.13. The van der Waals surface area contributed by atoms with E-state index in [0.717, 1.165) is 24.2 Å². The van der Waals surface area contributed by atoms with Gasteiger partial charge in [-0.15, -0.1) is 0 Å². The monoisotopic (exact) mass is 435 g/mol. The number of benzene rings is 1. The lowest BCUT2D eigenvalue weighted by Crippen LogP contribution is -2.36. The van der Waals surface area contributed by atoms with Gasteiger partial charge in [0.15, 0.2) is 0 Å². The van der Waals surface area contributed by atoms with E-state index in [4.69, 9.17) is 11.6 Å². The summed E-state index contributed by atoms with van der Waals surface area (Å²) in [4.78, 5) is 27.9. The number of nitrogens with zero attached hydrogens (tertiary/aromatic N) is 5. The number of halogens is 1. The molecule has 9 heteroatoms. The van der Waals surface area contributed by atoms with Gasteiger partial charge in [-0.1, -0.05) is 11.6 Å². The molecule has 3 fully saturated rings.